The Labute approximate surface area is 249 Å². The molecule has 0 saturated heterocycles. The van der Waals surface area contributed by atoms with Gasteiger partial charge in [0.15, 0.2) is 5.78 Å². The number of hydrogen-bond acceptors (Lipinski definition) is 7. The minimum Gasteiger partial charge on any atom is -0.496 e. The lowest BCUT2D eigenvalue weighted by Gasteiger charge is -2.25. The molecular formula is C29H37BrN4O7. The SMILES string of the molecule is Br.CCOc1cc2c(cc1C(=O)NC)C(=N)N(CC(=O)c1cc(C(=O)NCCC(=O)O)c(OC)c(C(C)(C)C)c1)C2. The van der Waals surface area contributed by atoms with Crippen molar-refractivity contribution < 1.29 is 33.8 Å². The van der Waals surface area contributed by atoms with E-state index < -0.39 is 17.3 Å². The number of fused-ring (bicyclic) bond motifs is 1. The fraction of sp³-hybridized carbons (Fsp3) is 0.414. The van der Waals surface area contributed by atoms with Crippen molar-refractivity contribution in [3.63, 3.8) is 0 Å². The first-order valence-corrected chi connectivity index (χ1v) is 12.9. The number of carbonyl (C=O) groups excluding carboxylic acids is 3. The third kappa shape index (κ3) is 7.43. The molecule has 0 aromatic heterocycles. The van der Waals surface area contributed by atoms with Gasteiger partial charge in [0.2, 0.25) is 0 Å². The van der Waals surface area contributed by atoms with Crippen LogP contribution in [0.2, 0.25) is 0 Å². The summed E-state index contributed by atoms with van der Waals surface area (Å²) in [5.74, 6) is -1.43. The van der Waals surface area contributed by atoms with Crippen LogP contribution in [0.5, 0.6) is 11.5 Å². The first kappa shape index (κ1) is 33.3. The molecule has 11 nitrogen and oxygen atoms in total. The number of nitrogens with zero attached hydrogens (tertiary/aromatic N) is 1. The van der Waals surface area contributed by atoms with Gasteiger partial charge in [-0.15, -0.1) is 17.0 Å². The summed E-state index contributed by atoms with van der Waals surface area (Å²) in [6.07, 6.45) is -0.247. The van der Waals surface area contributed by atoms with Crippen molar-refractivity contribution in [1.29, 1.82) is 5.41 Å². The van der Waals surface area contributed by atoms with E-state index in [1.165, 1.54) is 20.2 Å². The third-order valence-corrected chi connectivity index (χ3v) is 6.54. The minimum absolute atomic E-state index is 0. The molecule has 0 bridgehead atoms. The first-order chi connectivity index (χ1) is 18.8. The number of benzene rings is 2. The van der Waals surface area contributed by atoms with Gasteiger partial charge in [-0.25, -0.2) is 0 Å². The number of amides is 2. The summed E-state index contributed by atoms with van der Waals surface area (Å²) >= 11 is 0. The van der Waals surface area contributed by atoms with E-state index >= 15 is 0 Å². The Kier molecular flexibility index (Phi) is 11.1. The van der Waals surface area contributed by atoms with Gasteiger partial charge in [-0.05, 0) is 42.2 Å². The van der Waals surface area contributed by atoms with Crippen molar-refractivity contribution in [3.8, 4) is 11.5 Å². The number of halogens is 1. The fourth-order valence-electron chi connectivity index (χ4n) is 4.53. The molecule has 0 radical (unpaired) electrons. The zero-order valence-corrected chi connectivity index (χ0v) is 25.8. The van der Waals surface area contributed by atoms with Crippen LogP contribution in [0.15, 0.2) is 24.3 Å². The molecule has 0 aliphatic carbocycles. The maximum Gasteiger partial charge on any atom is 0.305 e. The van der Waals surface area contributed by atoms with Gasteiger partial charge in [-0.2, -0.15) is 0 Å². The number of amidine groups is 1. The van der Waals surface area contributed by atoms with E-state index in [1.54, 1.807) is 23.1 Å². The standard InChI is InChI=1S/C29H36N4O7.BrH/c1-7-40-23-12-17-14-33(26(30)18(17)13-19(23)27(37)31-5)15-22(34)16-10-20(28(38)32-9-8-24(35)36)25(39-6)21(11-16)29(2,3)4;/h10-13,30H,7-9,14-15H2,1-6H3,(H,31,37)(H,32,38)(H,35,36);1H. The Morgan fingerprint density at radius 2 is 1.76 bits per heavy atom. The highest BCUT2D eigenvalue weighted by Gasteiger charge is 2.31. The van der Waals surface area contributed by atoms with Crippen LogP contribution in [0.25, 0.3) is 0 Å². The number of carboxylic acids is 1. The normalized spacial score (nSPS) is 12.2. The van der Waals surface area contributed by atoms with Crippen molar-refractivity contribution in [3.05, 3.63) is 57.6 Å². The molecule has 222 valence electrons. The van der Waals surface area contributed by atoms with Crippen molar-refractivity contribution >= 4 is 46.4 Å². The fourth-order valence-corrected chi connectivity index (χ4v) is 4.53. The zero-order valence-electron chi connectivity index (χ0n) is 24.1. The Balaban J connectivity index is 0.00000588. The maximum atomic E-state index is 13.6. The summed E-state index contributed by atoms with van der Waals surface area (Å²) in [4.78, 5) is 51.5. The lowest BCUT2D eigenvalue weighted by atomic mass is 9.83. The molecule has 12 heteroatoms. The van der Waals surface area contributed by atoms with Crippen LogP contribution < -0.4 is 20.1 Å². The summed E-state index contributed by atoms with van der Waals surface area (Å²) in [5, 5.41) is 22.8. The van der Waals surface area contributed by atoms with Gasteiger partial charge in [-0.3, -0.25) is 24.6 Å². The number of ether oxygens (including phenoxy) is 2. The van der Waals surface area contributed by atoms with E-state index in [2.05, 4.69) is 10.6 Å². The van der Waals surface area contributed by atoms with E-state index in [1.807, 2.05) is 27.7 Å². The molecule has 3 rings (SSSR count). The van der Waals surface area contributed by atoms with E-state index in [9.17, 15) is 19.2 Å². The van der Waals surface area contributed by atoms with Crippen LogP contribution in [0.3, 0.4) is 0 Å². The number of methoxy groups -OCH3 is 1. The number of carboxylic acid groups (broad SMARTS) is 1. The van der Waals surface area contributed by atoms with Gasteiger partial charge < -0.3 is 30.1 Å². The van der Waals surface area contributed by atoms with Gasteiger partial charge in [0, 0.05) is 36.8 Å². The van der Waals surface area contributed by atoms with Crippen molar-refractivity contribution in [2.45, 2.75) is 46.1 Å². The molecule has 0 spiro atoms. The average Bonchev–Trinajstić information content (AvgIpc) is 3.19. The summed E-state index contributed by atoms with van der Waals surface area (Å²) < 4.78 is 11.2. The van der Waals surface area contributed by atoms with Crippen LogP contribution in [0.1, 0.15) is 81.9 Å². The Bertz CT molecular complexity index is 1370. The van der Waals surface area contributed by atoms with E-state index in [0.29, 0.717) is 34.8 Å². The van der Waals surface area contributed by atoms with Crippen molar-refractivity contribution in [2.75, 3.05) is 33.9 Å². The van der Waals surface area contributed by atoms with Gasteiger partial charge >= 0.3 is 5.97 Å². The average molecular weight is 634 g/mol. The summed E-state index contributed by atoms with van der Waals surface area (Å²) in [6.45, 7) is 8.03. The lowest BCUT2D eigenvalue weighted by Crippen LogP contribution is -2.31. The molecule has 4 N–H and O–H groups in total. The highest BCUT2D eigenvalue weighted by molar-refractivity contribution is 8.93. The van der Waals surface area contributed by atoms with Crippen molar-refractivity contribution in [2.24, 2.45) is 0 Å². The molecule has 1 aliphatic rings. The van der Waals surface area contributed by atoms with E-state index in [4.69, 9.17) is 20.0 Å². The molecule has 1 heterocycles. The number of ketones is 1. The predicted octanol–water partition coefficient (Wildman–Crippen LogP) is 3.56. The largest absolute Gasteiger partial charge is 0.496 e. The number of aliphatic carboxylic acids is 1. The molecule has 0 fully saturated rings. The second-order valence-corrected chi connectivity index (χ2v) is 10.4. The first-order valence-electron chi connectivity index (χ1n) is 12.9. The van der Waals surface area contributed by atoms with Gasteiger partial charge in [-0.1, -0.05) is 20.8 Å². The summed E-state index contributed by atoms with van der Waals surface area (Å²) in [7, 11) is 2.95. The number of Topliss-reactive ketones (excluding diaryl/α,β-unsaturated/α-hetero) is 1. The molecule has 0 unspecified atom stereocenters. The highest BCUT2D eigenvalue weighted by Crippen LogP contribution is 2.36. The second kappa shape index (κ2) is 13.6. The molecule has 0 saturated carbocycles. The Hall–Kier alpha value is -3.93. The molecule has 2 aromatic rings. The molecule has 2 aromatic carbocycles. The van der Waals surface area contributed by atoms with Gasteiger partial charge in [0.05, 0.1) is 37.8 Å². The monoisotopic (exact) mass is 632 g/mol. The Morgan fingerprint density at radius 3 is 2.32 bits per heavy atom. The number of rotatable bonds is 11. The lowest BCUT2D eigenvalue weighted by molar-refractivity contribution is -0.136. The molecule has 0 atom stereocenters. The van der Waals surface area contributed by atoms with E-state index in [0.717, 1.165) is 5.56 Å². The van der Waals surface area contributed by atoms with Crippen LogP contribution in [0, 0.1) is 5.41 Å². The second-order valence-electron chi connectivity index (χ2n) is 10.4. The smallest absolute Gasteiger partial charge is 0.305 e. The zero-order chi connectivity index (χ0) is 29.8. The highest BCUT2D eigenvalue weighted by atomic mass is 79.9. The Morgan fingerprint density at radius 1 is 1.07 bits per heavy atom. The van der Waals surface area contributed by atoms with Crippen LogP contribution in [-0.2, 0) is 16.8 Å². The maximum absolute atomic E-state index is 13.6. The van der Waals surface area contributed by atoms with Gasteiger partial charge in [0.1, 0.15) is 17.3 Å². The van der Waals surface area contributed by atoms with Crippen LogP contribution in [0.4, 0.5) is 0 Å². The number of carbonyl (C=O) groups is 4. The molecule has 41 heavy (non-hydrogen) atoms. The summed E-state index contributed by atoms with van der Waals surface area (Å²) in [6, 6.07) is 6.47. The van der Waals surface area contributed by atoms with Crippen LogP contribution >= 0.6 is 17.0 Å². The third-order valence-electron chi connectivity index (χ3n) is 6.54. The quantitative estimate of drug-likeness (QED) is 0.274. The molecular weight excluding hydrogens is 596 g/mol. The van der Waals surface area contributed by atoms with Crippen LogP contribution in [-0.4, -0.2) is 73.3 Å². The number of nitrogens with one attached hydrogen (secondary N) is 3. The molecule has 2 amide bonds. The molecule has 1 aliphatic heterocycles. The van der Waals surface area contributed by atoms with Crippen molar-refractivity contribution in [1.82, 2.24) is 15.5 Å². The summed E-state index contributed by atoms with van der Waals surface area (Å²) in [5.41, 5.74) is 2.15. The number of hydrogen-bond donors (Lipinski definition) is 4. The van der Waals surface area contributed by atoms with Gasteiger partial charge in [0.25, 0.3) is 11.8 Å². The van der Waals surface area contributed by atoms with E-state index in [-0.39, 0.29) is 71.7 Å². The minimum atomic E-state index is -1.04. The predicted molar refractivity (Wildman–Crippen MR) is 159 cm³/mol. The topological polar surface area (TPSA) is 158 Å².